The summed E-state index contributed by atoms with van der Waals surface area (Å²) in [5.41, 5.74) is 1.24. The van der Waals surface area contributed by atoms with E-state index in [9.17, 15) is 22.4 Å². The van der Waals surface area contributed by atoms with E-state index < -0.39 is 17.9 Å². The first kappa shape index (κ1) is 22.4. The number of amides is 1. The number of carbonyl (C=O) groups is 1. The topological polar surface area (TPSA) is 38.3 Å². The van der Waals surface area contributed by atoms with Gasteiger partial charge in [-0.1, -0.05) is 41.9 Å². The van der Waals surface area contributed by atoms with Crippen molar-refractivity contribution in [1.29, 1.82) is 0 Å². The van der Waals surface area contributed by atoms with Gasteiger partial charge < -0.3 is 10.1 Å². The lowest BCUT2D eigenvalue weighted by molar-refractivity contribution is -0.167. The molecular formula is C21H13ClF4INO2. The number of hydrogen-bond donors (Lipinski definition) is 1. The highest BCUT2D eigenvalue weighted by atomic mass is 127. The van der Waals surface area contributed by atoms with E-state index >= 15 is 0 Å². The van der Waals surface area contributed by atoms with Crippen molar-refractivity contribution in [2.24, 2.45) is 0 Å². The first-order valence-corrected chi connectivity index (χ1v) is 9.94. The van der Waals surface area contributed by atoms with E-state index in [0.717, 1.165) is 11.6 Å². The molecule has 0 heterocycles. The number of alkyl halides is 3. The molecule has 9 heteroatoms. The van der Waals surface area contributed by atoms with Gasteiger partial charge in [0.05, 0.1) is 10.7 Å². The molecule has 3 rings (SSSR count). The Morgan fingerprint density at radius 1 is 1.03 bits per heavy atom. The largest absolute Gasteiger partial charge is 0.489 e. The molecule has 0 saturated heterocycles. The summed E-state index contributed by atoms with van der Waals surface area (Å²) in [7, 11) is 0. The molecule has 0 spiro atoms. The van der Waals surface area contributed by atoms with E-state index in [4.69, 9.17) is 16.3 Å². The number of anilines is 1. The number of nitrogens with one attached hydrogen (secondary N) is 1. The third-order valence-corrected chi connectivity index (χ3v) is 5.25. The Morgan fingerprint density at radius 2 is 1.73 bits per heavy atom. The lowest BCUT2D eigenvalue weighted by Gasteiger charge is -2.14. The van der Waals surface area contributed by atoms with Crippen molar-refractivity contribution in [1.82, 2.24) is 0 Å². The second-order valence-corrected chi connectivity index (χ2v) is 7.75. The highest BCUT2D eigenvalue weighted by molar-refractivity contribution is 14.1. The molecular weight excluding hydrogens is 537 g/mol. The molecule has 0 fully saturated rings. The third-order valence-electron chi connectivity index (χ3n) is 4.04. The van der Waals surface area contributed by atoms with Crippen LogP contribution in [0.15, 0.2) is 60.7 Å². The van der Waals surface area contributed by atoms with Gasteiger partial charge >= 0.3 is 12.1 Å². The molecule has 3 aromatic rings. The molecule has 156 valence electrons. The number of ether oxygens (including phenoxy) is 1. The van der Waals surface area contributed by atoms with Gasteiger partial charge in [-0.15, -0.1) is 0 Å². The molecule has 1 amide bonds. The normalized spacial score (nSPS) is 11.3. The fourth-order valence-corrected chi connectivity index (χ4v) is 3.45. The van der Waals surface area contributed by atoms with Gasteiger partial charge in [0.1, 0.15) is 18.2 Å². The fourth-order valence-electron chi connectivity index (χ4n) is 2.59. The second-order valence-electron chi connectivity index (χ2n) is 6.18. The van der Waals surface area contributed by atoms with Crippen LogP contribution in [0.3, 0.4) is 0 Å². The van der Waals surface area contributed by atoms with Gasteiger partial charge in [0, 0.05) is 20.8 Å². The van der Waals surface area contributed by atoms with Gasteiger partial charge in [0.15, 0.2) is 0 Å². The Hall–Kier alpha value is -2.33. The van der Waals surface area contributed by atoms with Crippen LogP contribution >= 0.6 is 34.2 Å². The van der Waals surface area contributed by atoms with Crippen LogP contribution in [0, 0.1) is 9.39 Å². The van der Waals surface area contributed by atoms with E-state index in [1.807, 2.05) is 30.3 Å². The molecule has 0 atom stereocenters. The minimum Gasteiger partial charge on any atom is -0.489 e. The highest BCUT2D eigenvalue weighted by Crippen LogP contribution is 2.36. The zero-order valence-corrected chi connectivity index (χ0v) is 18.0. The maximum absolute atomic E-state index is 14.7. The molecule has 0 aromatic heterocycles. The molecule has 0 aliphatic heterocycles. The number of hydrogen-bond acceptors (Lipinski definition) is 2. The smallest absolute Gasteiger partial charge is 0.471 e. The van der Waals surface area contributed by atoms with Crippen LogP contribution in [-0.2, 0) is 11.4 Å². The van der Waals surface area contributed by atoms with Crippen LogP contribution in [0.1, 0.15) is 5.56 Å². The van der Waals surface area contributed by atoms with Crippen molar-refractivity contribution in [3.63, 3.8) is 0 Å². The van der Waals surface area contributed by atoms with Gasteiger partial charge in [-0.2, -0.15) is 13.2 Å². The van der Waals surface area contributed by atoms with Crippen molar-refractivity contribution < 1.29 is 27.1 Å². The van der Waals surface area contributed by atoms with Crippen molar-refractivity contribution >= 4 is 45.8 Å². The highest BCUT2D eigenvalue weighted by Gasteiger charge is 2.39. The zero-order chi connectivity index (χ0) is 21.9. The van der Waals surface area contributed by atoms with Crippen LogP contribution in [-0.4, -0.2) is 12.1 Å². The number of halogens is 6. The summed E-state index contributed by atoms with van der Waals surface area (Å²) in [4.78, 5) is 11.2. The molecule has 0 radical (unpaired) electrons. The molecule has 0 aliphatic carbocycles. The second kappa shape index (κ2) is 9.22. The first-order chi connectivity index (χ1) is 14.1. The molecule has 0 unspecified atom stereocenters. The van der Waals surface area contributed by atoms with Gasteiger partial charge in [0.2, 0.25) is 0 Å². The summed E-state index contributed by atoms with van der Waals surface area (Å²) in [6.07, 6.45) is -5.03. The van der Waals surface area contributed by atoms with E-state index in [2.05, 4.69) is 0 Å². The Bertz CT molecular complexity index is 1070. The van der Waals surface area contributed by atoms with Gasteiger partial charge in [0.25, 0.3) is 0 Å². The summed E-state index contributed by atoms with van der Waals surface area (Å²) >= 11 is 7.89. The van der Waals surface area contributed by atoms with Crippen LogP contribution in [0.4, 0.5) is 23.2 Å². The van der Waals surface area contributed by atoms with Crippen LogP contribution in [0.5, 0.6) is 5.75 Å². The summed E-state index contributed by atoms with van der Waals surface area (Å²) in [6.45, 7) is 0.270. The number of carbonyl (C=O) groups excluding carboxylic acids is 1. The number of benzene rings is 3. The average molecular weight is 550 g/mol. The fraction of sp³-hybridized carbons (Fsp3) is 0.0952. The maximum Gasteiger partial charge on any atom is 0.471 e. The van der Waals surface area contributed by atoms with E-state index in [-0.39, 0.29) is 32.0 Å². The predicted molar refractivity (Wildman–Crippen MR) is 115 cm³/mol. The van der Waals surface area contributed by atoms with Gasteiger partial charge in [-0.05, 0) is 52.4 Å². The molecule has 0 aliphatic rings. The molecule has 1 N–H and O–H groups in total. The molecule has 0 saturated carbocycles. The molecule has 3 aromatic carbocycles. The van der Waals surface area contributed by atoms with Crippen LogP contribution < -0.4 is 10.1 Å². The van der Waals surface area contributed by atoms with Crippen LogP contribution in [0.2, 0.25) is 5.02 Å². The third kappa shape index (κ3) is 5.42. The van der Waals surface area contributed by atoms with Gasteiger partial charge in [-0.25, -0.2) is 4.39 Å². The SMILES string of the molecule is O=C(Nc1cc(Cl)c(-c2ccc(OCc3ccccc3)cc2F)cc1I)C(F)(F)F. The Balaban J connectivity index is 1.81. The summed E-state index contributed by atoms with van der Waals surface area (Å²) in [5.74, 6) is -2.40. The van der Waals surface area contributed by atoms with E-state index in [1.54, 1.807) is 34.0 Å². The molecule has 3 nitrogen and oxygen atoms in total. The summed E-state index contributed by atoms with van der Waals surface area (Å²) in [5, 5.41) is 1.75. The zero-order valence-electron chi connectivity index (χ0n) is 15.1. The standard InChI is InChI=1S/C21H13ClF4INO2/c22-16-10-19(28-20(29)21(24,25)26)18(27)9-15(16)14-7-6-13(8-17(14)23)30-11-12-4-2-1-3-5-12/h1-10H,11H2,(H,28,29). The minimum atomic E-state index is -5.03. The van der Waals surface area contributed by atoms with Gasteiger partial charge in [-0.3, -0.25) is 4.79 Å². The van der Waals surface area contributed by atoms with E-state index in [0.29, 0.717) is 5.75 Å². The minimum absolute atomic E-state index is 0.00950. The summed E-state index contributed by atoms with van der Waals surface area (Å²) < 4.78 is 57.9. The van der Waals surface area contributed by atoms with E-state index in [1.165, 1.54) is 18.2 Å². The molecule has 30 heavy (non-hydrogen) atoms. The maximum atomic E-state index is 14.7. The lowest BCUT2D eigenvalue weighted by atomic mass is 10.0. The Morgan fingerprint density at radius 3 is 2.37 bits per heavy atom. The Kier molecular flexibility index (Phi) is 6.87. The summed E-state index contributed by atoms with van der Waals surface area (Å²) in [6, 6.07) is 16.2. The van der Waals surface area contributed by atoms with Crippen molar-refractivity contribution in [3.05, 3.63) is 80.6 Å². The first-order valence-electron chi connectivity index (χ1n) is 8.49. The monoisotopic (exact) mass is 549 g/mol. The van der Waals surface area contributed by atoms with Crippen molar-refractivity contribution in [2.45, 2.75) is 12.8 Å². The number of rotatable bonds is 5. The average Bonchev–Trinajstić information content (AvgIpc) is 2.69. The van der Waals surface area contributed by atoms with Crippen molar-refractivity contribution in [3.8, 4) is 16.9 Å². The molecule has 0 bridgehead atoms. The van der Waals surface area contributed by atoms with Crippen LogP contribution in [0.25, 0.3) is 11.1 Å². The predicted octanol–water partition coefficient (Wildman–Crippen LogP) is 6.83. The lowest BCUT2D eigenvalue weighted by Crippen LogP contribution is -2.30. The Labute approximate surface area is 188 Å². The quantitative estimate of drug-likeness (QED) is 0.280. The van der Waals surface area contributed by atoms with Crippen molar-refractivity contribution in [2.75, 3.05) is 5.32 Å².